The minimum Gasteiger partial charge on any atom is -0.457 e. The number of allylic oxidation sites excluding steroid dienone is 2. The molecule has 5 aromatic carbocycles. The third-order valence-corrected chi connectivity index (χ3v) is 8.54. The number of ether oxygens (including phenoxy) is 2. The molecule has 0 saturated heterocycles. The number of hydrogen-bond acceptors (Lipinski definition) is 4. The quantitative estimate of drug-likeness (QED) is 0.104. The Balaban J connectivity index is 1.32. The van der Waals surface area contributed by atoms with Crippen molar-refractivity contribution in [1.82, 2.24) is 0 Å². The first kappa shape index (κ1) is 33.2. The summed E-state index contributed by atoms with van der Waals surface area (Å²) in [6.45, 7) is 15.5. The van der Waals surface area contributed by atoms with Crippen LogP contribution in [-0.4, -0.2) is 0 Å². The second-order valence-corrected chi connectivity index (χ2v) is 11.5. The molecule has 7 rings (SSSR count). The van der Waals surface area contributed by atoms with Crippen LogP contribution >= 0.6 is 0 Å². The van der Waals surface area contributed by atoms with Crippen LogP contribution in [0.15, 0.2) is 108 Å². The van der Waals surface area contributed by atoms with Crippen molar-refractivity contribution in [2.24, 2.45) is 0 Å². The molecule has 0 bridgehead atoms. The van der Waals surface area contributed by atoms with Gasteiger partial charge in [-0.3, -0.25) is 0 Å². The molecular formula is C40H16F6N4O2. The first-order chi connectivity index (χ1) is 24.8. The number of nitrogens with zero attached hydrogens (tertiary/aromatic N) is 4. The van der Waals surface area contributed by atoms with Crippen molar-refractivity contribution in [1.29, 1.82) is 10.5 Å². The zero-order chi connectivity index (χ0) is 36.9. The molecule has 0 radical (unpaired) electrons. The maximum Gasteiger partial charge on any atom is 0.416 e. The molecule has 0 atom stereocenters. The Labute approximate surface area is 291 Å². The molecule has 2 aliphatic rings. The third-order valence-electron chi connectivity index (χ3n) is 8.54. The minimum absolute atomic E-state index is 0.134. The van der Waals surface area contributed by atoms with E-state index in [1.54, 1.807) is 48.5 Å². The zero-order valence-corrected chi connectivity index (χ0v) is 26.1. The van der Waals surface area contributed by atoms with E-state index in [4.69, 9.17) is 22.6 Å². The number of benzene rings is 5. The highest BCUT2D eigenvalue weighted by Crippen LogP contribution is 2.54. The van der Waals surface area contributed by atoms with E-state index in [0.29, 0.717) is 55.7 Å². The number of halogens is 6. The topological polar surface area (TPSA) is 74.8 Å². The van der Waals surface area contributed by atoms with Crippen LogP contribution in [0, 0.1) is 35.8 Å². The van der Waals surface area contributed by atoms with Gasteiger partial charge in [0.25, 0.3) is 11.4 Å². The fourth-order valence-corrected chi connectivity index (χ4v) is 6.29. The van der Waals surface area contributed by atoms with Crippen molar-refractivity contribution in [2.75, 3.05) is 0 Å². The van der Waals surface area contributed by atoms with Gasteiger partial charge in [0, 0.05) is 11.1 Å². The monoisotopic (exact) mass is 698 g/mol. The maximum absolute atomic E-state index is 13.1. The minimum atomic E-state index is -4.52. The van der Waals surface area contributed by atoms with Gasteiger partial charge in [0.05, 0.1) is 36.4 Å². The molecule has 0 N–H and O–H groups in total. The predicted octanol–water partition coefficient (Wildman–Crippen LogP) is 11.7. The largest absolute Gasteiger partial charge is 0.457 e. The van der Waals surface area contributed by atoms with Gasteiger partial charge in [0.2, 0.25) is 0 Å². The second kappa shape index (κ2) is 12.2. The molecule has 0 aromatic heterocycles. The molecule has 250 valence electrons. The summed E-state index contributed by atoms with van der Waals surface area (Å²) < 4.78 is 90.1. The van der Waals surface area contributed by atoms with Crippen molar-refractivity contribution in [2.45, 2.75) is 12.4 Å². The van der Waals surface area contributed by atoms with Crippen molar-refractivity contribution in [3.63, 3.8) is 0 Å². The molecular weight excluding hydrogens is 682 g/mol. The van der Waals surface area contributed by atoms with Crippen LogP contribution in [0.25, 0.3) is 43.1 Å². The van der Waals surface area contributed by atoms with Crippen molar-refractivity contribution in [3.8, 4) is 57.4 Å². The lowest BCUT2D eigenvalue weighted by Gasteiger charge is -2.11. The zero-order valence-electron chi connectivity index (χ0n) is 26.1. The predicted molar refractivity (Wildman–Crippen MR) is 177 cm³/mol. The van der Waals surface area contributed by atoms with E-state index in [9.17, 15) is 36.9 Å². The van der Waals surface area contributed by atoms with Gasteiger partial charge in [-0.2, -0.15) is 26.3 Å². The van der Waals surface area contributed by atoms with Gasteiger partial charge in [0.15, 0.2) is 0 Å². The summed E-state index contributed by atoms with van der Waals surface area (Å²) in [5, 5.41) is 20.0. The molecule has 5 aromatic rings. The smallest absolute Gasteiger partial charge is 0.416 e. The lowest BCUT2D eigenvalue weighted by molar-refractivity contribution is -0.138. The molecule has 0 aliphatic heterocycles. The first-order valence-electron chi connectivity index (χ1n) is 15.1. The Morgan fingerprint density at radius 1 is 0.462 bits per heavy atom. The van der Waals surface area contributed by atoms with Gasteiger partial charge >= 0.3 is 12.4 Å². The van der Waals surface area contributed by atoms with Crippen LogP contribution in [0.2, 0.25) is 0 Å². The normalized spacial score (nSPS) is 14.3. The second-order valence-electron chi connectivity index (χ2n) is 11.5. The summed E-state index contributed by atoms with van der Waals surface area (Å²) in [6, 6.07) is 25.5. The molecule has 0 amide bonds. The third kappa shape index (κ3) is 5.65. The average molecular weight is 699 g/mol. The fourth-order valence-electron chi connectivity index (χ4n) is 6.29. The summed E-state index contributed by atoms with van der Waals surface area (Å²) >= 11 is 0. The highest BCUT2D eigenvalue weighted by molar-refractivity contribution is 6.10. The van der Waals surface area contributed by atoms with E-state index < -0.39 is 23.5 Å². The van der Waals surface area contributed by atoms with E-state index in [1.165, 1.54) is 24.3 Å². The standard InChI is InChI=1S/C40H16F6N4O2/c1-49-35(19-47)37-31-15-25(51-23-7-3-21(4-8-23)39(41,42)43)11-13-27(31)29-18-34-30(17-33(29)37)28-14-12-26(16-32(28)38(34)36(20-48)50-2)52-24-9-5-22(6-10-24)40(44,45)46/h3-18H. The van der Waals surface area contributed by atoms with Crippen LogP contribution in [0.4, 0.5) is 26.3 Å². The number of fused-ring (bicyclic) bond motifs is 6. The molecule has 0 spiro atoms. The summed E-state index contributed by atoms with van der Waals surface area (Å²) in [7, 11) is 0. The highest BCUT2D eigenvalue weighted by Gasteiger charge is 2.35. The van der Waals surface area contributed by atoms with Crippen LogP contribution in [0.5, 0.6) is 23.0 Å². The first-order valence-corrected chi connectivity index (χ1v) is 15.1. The Morgan fingerprint density at radius 3 is 1.10 bits per heavy atom. The SMILES string of the molecule is [C-]#[N+]C(C#N)=C1c2cc(Oc3ccc(C(F)(F)F)cc3)ccc2-c2cc3c(cc21)-c1ccc(Oc2ccc(C(F)(F)F)cc2)cc1C3=C(C#N)[N+]#[C-]. The fraction of sp³-hybridized carbons (Fsp3) is 0.0500. The number of hydrogen-bond donors (Lipinski definition) is 0. The van der Waals surface area contributed by atoms with E-state index in [-0.39, 0.29) is 34.4 Å². The summed E-state index contributed by atoms with van der Waals surface area (Å²) in [6.07, 6.45) is -9.04. The Bertz CT molecular complexity index is 2360. The van der Waals surface area contributed by atoms with Crippen molar-refractivity contribution >= 4 is 11.1 Å². The Kier molecular flexibility index (Phi) is 7.82. The van der Waals surface area contributed by atoms with E-state index in [2.05, 4.69) is 9.69 Å². The van der Waals surface area contributed by atoms with Crippen LogP contribution in [-0.2, 0) is 12.4 Å². The summed E-state index contributed by atoms with van der Waals surface area (Å²) in [5.74, 6) is 0.750. The van der Waals surface area contributed by atoms with Crippen molar-refractivity contribution in [3.05, 3.63) is 165 Å². The summed E-state index contributed by atoms with van der Waals surface area (Å²) in [5.41, 5.74) is 2.84. The molecule has 12 heteroatoms. The molecule has 0 unspecified atom stereocenters. The molecule has 2 aliphatic carbocycles. The molecule has 0 fully saturated rings. The molecule has 0 saturated carbocycles. The van der Waals surface area contributed by atoms with Gasteiger partial charge in [-0.15, -0.1) is 0 Å². The lowest BCUT2D eigenvalue weighted by atomic mass is 9.95. The maximum atomic E-state index is 13.1. The highest BCUT2D eigenvalue weighted by atomic mass is 19.4. The Morgan fingerprint density at radius 2 is 0.788 bits per heavy atom. The van der Waals surface area contributed by atoms with E-state index in [0.717, 1.165) is 24.3 Å². The van der Waals surface area contributed by atoms with Crippen molar-refractivity contribution < 1.29 is 35.8 Å². The van der Waals surface area contributed by atoms with Crippen LogP contribution in [0.3, 0.4) is 0 Å². The summed E-state index contributed by atoms with van der Waals surface area (Å²) in [4.78, 5) is 6.92. The van der Waals surface area contributed by atoms with E-state index >= 15 is 0 Å². The van der Waals surface area contributed by atoms with Gasteiger partial charge in [-0.25, -0.2) is 20.2 Å². The number of rotatable bonds is 4. The molecule has 0 heterocycles. The number of alkyl halides is 6. The lowest BCUT2D eigenvalue weighted by Crippen LogP contribution is -2.04. The van der Waals surface area contributed by atoms with Crippen LogP contribution in [0.1, 0.15) is 33.4 Å². The number of nitriles is 2. The van der Waals surface area contributed by atoms with E-state index in [1.807, 2.05) is 12.1 Å². The van der Waals surface area contributed by atoms with Gasteiger partial charge < -0.3 is 9.47 Å². The van der Waals surface area contributed by atoms with Crippen LogP contribution < -0.4 is 9.47 Å². The molecule has 6 nitrogen and oxygen atoms in total. The molecule has 52 heavy (non-hydrogen) atoms. The van der Waals surface area contributed by atoms with Gasteiger partial charge in [0.1, 0.15) is 23.0 Å². The van der Waals surface area contributed by atoms with Gasteiger partial charge in [-0.1, -0.05) is 12.1 Å². The Hall–Kier alpha value is -7.28. The average Bonchev–Trinajstić information content (AvgIpc) is 3.59. The van der Waals surface area contributed by atoms with Gasteiger partial charge in [-0.05, 0) is 129 Å².